The summed E-state index contributed by atoms with van der Waals surface area (Å²) in [7, 11) is 0. The minimum atomic E-state index is 0.545. The van der Waals surface area contributed by atoms with Gasteiger partial charge in [0.1, 0.15) is 16.9 Å². The first-order chi connectivity index (χ1) is 10.8. The van der Waals surface area contributed by atoms with Gasteiger partial charge in [0, 0.05) is 13.1 Å². The number of nitrogens with zero attached hydrogens (tertiary/aromatic N) is 3. The van der Waals surface area contributed by atoms with E-state index < -0.39 is 0 Å². The number of anilines is 1. The number of pyridine rings is 1. The Balaban J connectivity index is 2.07. The summed E-state index contributed by atoms with van der Waals surface area (Å²) < 4.78 is 5.45. The summed E-state index contributed by atoms with van der Waals surface area (Å²) in [4.78, 5) is 7.13. The van der Waals surface area contributed by atoms with Gasteiger partial charge < -0.3 is 9.64 Å². The van der Waals surface area contributed by atoms with Gasteiger partial charge in [-0.05, 0) is 36.8 Å². The fourth-order valence-electron chi connectivity index (χ4n) is 3.14. The van der Waals surface area contributed by atoms with Crippen molar-refractivity contribution in [1.82, 2.24) is 4.98 Å². The second-order valence-corrected chi connectivity index (χ2v) is 6.45. The molecule has 0 radical (unpaired) electrons. The number of aromatic nitrogens is 1. The highest BCUT2D eigenvalue weighted by Gasteiger charge is 2.25. The first-order valence-electron chi connectivity index (χ1n) is 7.70. The monoisotopic (exact) mass is 313 g/mol. The molecular formula is C17H19N3OS. The van der Waals surface area contributed by atoms with Crippen LogP contribution in [0.15, 0.2) is 5.03 Å². The number of hydrogen-bond acceptors (Lipinski definition) is 5. The maximum Gasteiger partial charge on any atom is 0.133 e. The molecule has 22 heavy (non-hydrogen) atoms. The van der Waals surface area contributed by atoms with Crippen LogP contribution in [0.5, 0.6) is 0 Å². The van der Waals surface area contributed by atoms with Gasteiger partial charge in [0.25, 0.3) is 0 Å². The molecule has 1 aromatic heterocycles. The molecule has 1 aliphatic heterocycles. The summed E-state index contributed by atoms with van der Waals surface area (Å²) in [5.74, 6) is 4.22. The van der Waals surface area contributed by atoms with Crippen molar-refractivity contribution in [3.63, 3.8) is 0 Å². The van der Waals surface area contributed by atoms with Gasteiger partial charge >= 0.3 is 0 Å². The Hall–Kier alpha value is -1.69. The fraction of sp³-hybridized carbons (Fsp3) is 0.529. The van der Waals surface area contributed by atoms with Crippen molar-refractivity contribution in [1.29, 1.82) is 5.26 Å². The maximum absolute atomic E-state index is 9.59. The van der Waals surface area contributed by atoms with Crippen LogP contribution < -0.4 is 4.90 Å². The Kier molecular flexibility index (Phi) is 4.87. The number of terminal acetylenes is 1. The molecule has 1 aromatic rings. The van der Waals surface area contributed by atoms with Crippen molar-refractivity contribution < 1.29 is 4.74 Å². The van der Waals surface area contributed by atoms with Gasteiger partial charge in [0.15, 0.2) is 0 Å². The molecule has 0 unspecified atom stereocenters. The Morgan fingerprint density at radius 2 is 1.95 bits per heavy atom. The molecule has 2 heterocycles. The van der Waals surface area contributed by atoms with E-state index in [-0.39, 0.29) is 0 Å². The Morgan fingerprint density at radius 1 is 1.23 bits per heavy atom. The lowest BCUT2D eigenvalue weighted by atomic mass is 9.89. The van der Waals surface area contributed by atoms with E-state index in [0.717, 1.165) is 62.0 Å². The zero-order valence-corrected chi connectivity index (χ0v) is 13.4. The maximum atomic E-state index is 9.59. The second-order valence-electron chi connectivity index (χ2n) is 5.48. The standard InChI is InChI=1S/C17H19N3OS/c1-2-11-22-17-15(12-18)13-5-3-4-6-14(13)16(19-17)20-7-9-21-10-8-20/h1H,3-11H2. The van der Waals surface area contributed by atoms with E-state index in [1.165, 1.54) is 29.3 Å². The molecular weight excluding hydrogens is 294 g/mol. The summed E-state index contributed by atoms with van der Waals surface area (Å²) in [5, 5.41) is 10.4. The lowest BCUT2D eigenvalue weighted by molar-refractivity contribution is 0.122. The second kappa shape index (κ2) is 7.05. The molecule has 1 saturated heterocycles. The van der Waals surface area contributed by atoms with Crippen LogP contribution in [0.25, 0.3) is 0 Å². The van der Waals surface area contributed by atoms with E-state index in [9.17, 15) is 5.26 Å². The van der Waals surface area contributed by atoms with Crippen molar-refractivity contribution in [2.45, 2.75) is 30.7 Å². The summed E-state index contributed by atoms with van der Waals surface area (Å²) in [6.45, 7) is 3.21. The molecule has 5 heteroatoms. The number of fused-ring (bicyclic) bond motifs is 1. The summed E-state index contributed by atoms with van der Waals surface area (Å²) >= 11 is 1.49. The van der Waals surface area contributed by atoms with Gasteiger partial charge in [-0.25, -0.2) is 4.98 Å². The summed E-state index contributed by atoms with van der Waals surface area (Å²) in [6.07, 6.45) is 9.69. The first kappa shape index (κ1) is 15.2. The molecule has 0 spiro atoms. The van der Waals surface area contributed by atoms with Crippen molar-refractivity contribution in [3.05, 3.63) is 16.7 Å². The van der Waals surface area contributed by atoms with Gasteiger partial charge in [0.2, 0.25) is 0 Å². The highest BCUT2D eigenvalue weighted by atomic mass is 32.2. The number of thioether (sulfide) groups is 1. The van der Waals surface area contributed by atoms with E-state index in [1.54, 1.807) is 0 Å². The molecule has 0 amide bonds. The van der Waals surface area contributed by atoms with Gasteiger partial charge in [-0.1, -0.05) is 17.7 Å². The minimum Gasteiger partial charge on any atom is -0.378 e. The van der Waals surface area contributed by atoms with E-state index >= 15 is 0 Å². The zero-order chi connectivity index (χ0) is 15.4. The molecule has 0 saturated carbocycles. The van der Waals surface area contributed by atoms with Gasteiger partial charge in [-0.3, -0.25) is 0 Å². The average Bonchev–Trinajstić information content (AvgIpc) is 2.59. The van der Waals surface area contributed by atoms with Gasteiger partial charge in [0.05, 0.1) is 24.5 Å². The lowest BCUT2D eigenvalue weighted by Crippen LogP contribution is -2.38. The van der Waals surface area contributed by atoms with Crippen LogP contribution in [0.1, 0.15) is 29.5 Å². The van der Waals surface area contributed by atoms with E-state index in [4.69, 9.17) is 16.1 Å². The molecule has 0 bridgehead atoms. The fourth-order valence-corrected chi connectivity index (χ4v) is 3.83. The number of rotatable bonds is 3. The SMILES string of the molecule is C#CCSc1nc(N2CCOCC2)c2c(c1C#N)CCCC2. The highest BCUT2D eigenvalue weighted by Crippen LogP contribution is 2.36. The summed E-state index contributed by atoms with van der Waals surface area (Å²) in [6, 6.07) is 2.37. The van der Waals surface area contributed by atoms with Crippen molar-refractivity contribution in [2.75, 3.05) is 37.0 Å². The molecule has 1 fully saturated rings. The van der Waals surface area contributed by atoms with E-state index in [1.807, 2.05) is 0 Å². The predicted octanol–water partition coefficient (Wildman–Crippen LogP) is 2.39. The van der Waals surface area contributed by atoms with E-state index in [2.05, 4.69) is 16.9 Å². The molecule has 4 nitrogen and oxygen atoms in total. The highest BCUT2D eigenvalue weighted by molar-refractivity contribution is 7.99. The van der Waals surface area contributed by atoms with Crippen LogP contribution in [0, 0.1) is 23.7 Å². The summed E-state index contributed by atoms with van der Waals surface area (Å²) in [5.41, 5.74) is 3.21. The smallest absolute Gasteiger partial charge is 0.133 e. The molecule has 114 valence electrons. The van der Waals surface area contributed by atoms with Crippen LogP contribution in [0.2, 0.25) is 0 Å². The van der Waals surface area contributed by atoms with Crippen LogP contribution in [0.4, 0.5) is 5.82 Å². The normalized spacial score (nSPS) is 17.5. The topological polar surface area (TPSA) is 49.2 Å². The van der Waals surface area contributed by atoms with Crippen molar-refractivity contribution in [3.8, 4) is 18.4 Å². The number of nitriles is 1. The Labute approximate surface area is 135 Å². The van der Waals surface area contributed by atoms with Crippen LogP contribution in [0.3, 0.4) is 0 Å². The number of hydrogen-bond donors (Lipinski definition) is 0. The number of morpholine rings is 1. The van der Waals surface area contributed by atoms with Crippen LogP contribution >= 0.6 is 11.8 Å². The predicted molar refractivity (Wildman–Crippen MR) is 88.2 cm³/mol. The lowest BCUT2D eigenvalue weighted by Gasteiger charge is -2.32. The van der Waals surface area contributed by atoms with Gasteiger partial charge in [-0.15, -0.1) is 6.42 Å². The third kappa shape index (κ3) is 2.92. The van der Waals surface area contributed by atoms with Crippen LogP contribution in [-0.2, 0) is 17.6 Å². The van der Waals surface area contributed by atoms with E-state index in [0.29, 0.717) is 5.75 Å². The molecule has 1 aliphatic carbocycles. The molecule has 2 aliphatic rings. The van der Waals surface area contributed by atoms with Crippen molar-refractivity contribution in [2.24, 2.45) is 0 Å². The number of ether oxygens (including phenoxy) is 1. The quantitative estimate of drug-likeness (QED) is 0.633. The zero-order valence-electron chi connectivity index (χ0n) is 12.6. The minimum absolute atomic E-state index is 0.545. The molecule has 0 N–H and O–H groups in total. The third-order valence-electron chi connectivity index (χ3n) is 4.18. The molecule has 0 atom stereocenters. The molecule has 3 rings (SSSR count). The average molecular weight is 313 g/mol. The Morgan fingerprint density at radius 3 is 2.64 bits per heavy atom. The molecule has 0 aromatic carbocycles. The van der Waals surface area contributed by atoms with Crippen LogP contribution in [-0.4, -0.2) is 37.0 Å². The first-order valence-corrected chi connectivity index (χ1v) is 8.68. The largest absolute Gasteiger partial charge is 0.378 e. The Bertz CT molecular complexity index is 639. The van der Waals surface area contributed by atoms with Gasteiger partial charge in [-0.2, -0.15) is 5.26 Å². The third-order valence-corrected chi connectivity index (χ3v) is 5.06. The van der Waals surface area contributed by atoms with Crippen molar-refractivity contribution >= 4 is 17.6 Å².